The number of nitrogen functional groups attached to an aromatic ring is 1. The molecule has 3 rings (SSSR count). The Hall–Kier alpha value is -2.32. The lowest BCUT2D eigenvalue weighted by Gasteiger charge is -2.39. The first kappa shape index (κ1) is 26.3. The third-order valence-corrected chi connectivity index (χ3v) is 6.38. The molecular weight excluding hydrogens is 436 g/mol. The van der Waals surface area contributed by atoms with E-state index in [0.29, 0.717) is 37.8 Å². The Balaban J connectivity index is 2.08. The van der Waals surface area contributed by atoms with Crippen LogP contribution in [-0.2, 0) is 24.5 Å². The first-order valence-electron chi connectivity index (χ1n) is 12.4. The van der Waals surface area contributed by atoms with E-state index in [4.69, 9.17) is 24.7 Å². The maximum Gasteiger partial charge on any atom is 0.230 e. The number of anilines is 1. The van der Waals surface area contributed by atoms with Gasteiger partial charge in [0.15, 0.2) is 11.5 Å². The van der Waals surface area contributed by atoms with E-state index >= 15 is 0 Å². The Morgan fingerprint density at radius 3 is 2.53 bits per heavy atom. The number of rotatable bonds is 14. The monoisotopic (exact) mass is 474 g/mol. The second-order valence-corrected chi connectivity index (χ2v) is 8.86. The average Bonchev–Trinajstić information content (AvgIpc) is 3.37. The average molecular weight is 475 g/mol. The zero-order valence-electron chi connectivity index (χ0n) is 20.8. The van der Waals surface area contributed by atoms with E-state index in [-0.39, 0.29) is 5.82 Å². The molecule has 188 valence electrons. The summed E-state index contributed by atoms with van der Waals surface area (Å²) in [6, 6.07) is 2.42. The van der Waals surface area contributed by atoms with Crippen molar-refractivity contribution in [3.63, 3.8) is 0 Å². The molecule has 0 amide bonds. The number of hydrogen-bond donors (Lipinski definition) is 1. The summed E-state index contributed by atoms with van der Waals surface area (Å²) < 4.78 is 26.9. The van der Waals surface area contributed by atoms with Gasteiger partial charge in [-0.3, -0.25) is 0 Å². The van der Waals surface area contributed by atoms with Crippen LogP contribution in [0.5, 0.6) is 0 Å². The van der Waals surface area contributed by atoms with Gasteiger partial charge in [0.05, 0.1) is 12.8 Å². The van der Waals surface area contributed by atoms with E-state index in [2.05, 4.69) is 41.9 Å². The van der Waals surface area contributed by atoms with Gasteiger partial charge < -0.3 is 24.7 Å². The van der Waals surface area contributed by atoms with Crippen molar-refractivity contribution >= 4 is 11.5 Å². The van der Waals surface area contributed by atoms with Crippen molar-refractivity contribution in [3.05, 3.63) is 18.2 Å². The number of fused-ring (bicyclic) bond motifs is 1. The number of nitrogens with zero attached hydrogens (tertiary/aromatic N) is 5. The predicted octanol–water partition coefficient (Wildman–Crippen LogP) is 3.40. The molecule has 0 aromatic carbocycles. The lowest BCUT2D eigenvalue weighted by atomic mass is 9.80. The van der Waals surface area contributed by atoms with Gasteiger partial charge >= 0.3 is 0 Å². The highest BCUT2D eigenvalue weighted by molar-refractivity contribution is 5.59. The molecule has 1 aliphatic rings. The Bertz CT molecular complexity index is 963. The van der Waals surface area contributed by atoms with Crippen LogP contribution >= 0.6 is 0 Å². The van der Waals surface area contributed by atoms with Crippen molar-refractivity contribution < 1.29 is 18.9 Å². The Morgan fingerprint density at radius 2 is 1.82 bits per heavy atom. The van der Waals surface area contributed by atoms with E-state index < -0.39 is 23.4 Å². The summed E-state index contributed by atoms with van der Waals surface area (Å²) in [4.78, 5) is 8.40. The van der Waals surface area contributed by atoms with Crippen molar-refractivity contribution in [1.82, 2.24) is 19.6 Å². The van der Waals surface area contributed by atoms with Gasteiger partial charge in [-0.2, -0.15) is 10.4 Å². The molecule has 1 aliphatic heterocycles. The molecule has 10 nitrogen and oxygen atoms in total. The molecule has 0 spiro atoms. The molecule has 2 aromatic heterocycles. The maximum absolute atomic E-state index is 10.7. The highest BCUT2D eigenvalue weighted by Gasteiger charge is 2.68. The van der Waals surface area contributed by atoms with Crippen molar-refractivity contribution in [2.24, 2.45) is 0 Å². The first-order valence-corrected chi connectivity index (χ1v) is 12.4. The van der Waals surface area contributed by atoms with E-state index in [0.717, 1.165) is 38.5 Å². The fourth-order valence-electron chi connectivity index (χ4n) is 4.35. The Labute approximate surface area is 201 Å². The lowest BCUT2D eigenvalue weighted by molar-refractivity contribution is -0.160. The molecule has 0 unspecified atom stereocenters. The SMILES string of the molecule is CCCCOC[C@H]1O[C@@](C#N)(c2cnc3c(N)ncnn23)[C@](C)(OCCCC)[C@@H]1OCCCC. The maximum atomic E-state index is 10.7. The number of nitriles is 1. The largest absolute Gasteiger partial charge is 0.381 e. The molecule has 2 aromatic rings. The van der Waals surface area contributed by atoms with E-state index in [1.807, 2.05) is 6.92 Å². The van der Waals surface area contributed by atoms with Crippen LogP contribution < -0.4 is 5.73 Å². The smallest absolute Gasteiger partial charge is 0.230 e. The molecule has 0 saturated carbocycles. The van der Waals surface area contributed by atoms with Crippen LogP contribution in [0.4, 0.5) is 5.82 Å². The van der Waals surface area contributed by atoms with Crippen molar-refractivity contribution in [2.75, 3.05) is 32.2 Å². The van der Waals surface area contributed by atoms with E-state index in [1.165, 1.54) is 10.8 Å². The van der Waals surface area contributed by atoms with Gasteiger partial charge in [-0.1, -0.05) is 40.0 Å². The Kier molecular flexibility index (Phi) is 9.19. The van der Waals surface area contributed by atoms with Gasteiger partial charge in [-0.25, -0.2) is 14.5 Å². The van der Waals surface area contributed by atoms with E-state index in [1.54, 1.807) is 6.20 Å². The summed E-state index contributed by atoms with van der Waals surface area (Å²) in [5.74, 6) is 0.219. The summed E-state index contributed by atoms with van der Waals surface area (Å²) in [5, 5.41) is 15.0. The van der Waals surface area contributed by atoms with Gasteiger partial charge in [0, 0.05) is 19.8 Å². The van der Waals surface area contributed by atoms with Gasteiger partial charge in [0.1, 0.15) is 35.9 Å². The first-order chi connectivity index (χ1) is 16.5. The number of imidazole rings is 1. The summed E-state index contributed by atoms with van der Waals surface area (Å²) >= 11 is 0. The highest BCUT2D eigenvalue weighted by Crippen LogP contribution is 2.50. The van der Waals surface area contributed by atoms with Crippen molar-refractivity contribution in [2.45, 2.75) is 89.6 Å². The molecule has 4 atom stereocenters. The number of ether oxygens (including phenoxy) is 4. The quantitative estimate of drug-likeness (QED) is 0.409. The van der Waals surface area contributed by atoms with Crippen LogP contribution in [0.15, 0.2) is 12.5 Å². The predicted molar refractivity (Wildman–Crippen MR) is 127 cm³/mol. The van der Waals surface area contributed by atoms with Crippen molar-refractivity contribution in [1.29, 1.82) is 5.26 Å². The molecule has 2 N–H and O–H groups in total. The van der Waals surface area contributed by atoms with Gasteiger partial charge in [-0.15, -0.1) is 0 Å². The zero-order chi connectivity index (χ0) is 24.6. The zero-order valence-corrected chi connectivity index (χ0v) is 20.8. The number of aromatic nitrogens is 4. The molecule has 0 bridgehead atoms. The van der Waals surface area contributed by atoms with Crippen LogP contribution in [0.2, 0.25) is 0 Å². The topological polar surface area (TPSA) is 130 Å². The van der Waals surface area contributed by atoms with Crippen LogP contribution in [0.3, 0.4) is 0 Å². The summed E-state index contributed by atoms with van der Waals surface area (Å²) in [7, 11) is 0. The Morgan fingerprint density at radius 1 is 1.12 bits per heavy atom. The fraction of sp³-hybridized carbons (Fsp3) is 0.750. The van der Waals surface area contributed by atoms with Gasteiger partial charge in [0.25, 0.3) is 0 Å². The van der Waals surface area contributed by atoms with E-state index in [9.17, 15) is 5.26 Å². The van der Waals surface area contributed by atoms with Crippen LogP contribution in [0.1, 0.15) is 71.9 Å². The molecule has 3 heterocycles. The standard InChI is InChI=1S/C24H38N6O4/c1-5-8-11-31-15-18-20(32-12-9-6-2)23(4,33-13-10-7-3)24(16-25,34-18)19-14-27-22-21(26)28-17-29-30(19)22/h14,17-18,20H,5-13,15H2,1-4H3,(H2,26,28,29)/t18-,20-,23-,24+/m1/s1. The second-order valence-electron chi connectivity index (χ2n) is 8.86. The summed E-state index contributed by atoms with van der Waals surface area (Å²) in [6.07, 6.45) is 7.54. The number of unbranched alkanes of at least 4 members (excludes halogenated alkanes) is 3. The minimum Gasteiger partial charge on any atom is -0.381 e. The van der Waals surface area contributed by atoms with Gasteiger partial charge in [0.2, 0.25) is 5.60 Å². The molecular formula is C24H38N6O4. The molecule has 0 radical (unpaired) electrons. The summed E-state index contributed by atoms with van der Waals surface area (Å²) in [5.41, 5.74) is 4.12. The molecule has 1 saturated heterocycles. The van der Waals surface area contributed by atoms with Crippen LogP contribution in [0.25, 0.3) is 5.65 Å². The minimum atomic E-state index is -1.55. The molecule has 34 heavy (non-hydrogen) atoms. The number of nitrogens with two attached hydrogens (primary N) is 1. The number of hydrogen-bond acceptors (Lipinski definition) is 9. The minimum absolute atomic E-state index is 0.219. The van der Waals surface area contributed by atoms with Crippen LogP contribution in [0, 0.1) is 11.3 Å². The van der Waals surface area contributed by atoms with Gasteiger partial charge in [-0.05, 0) is 26.2 Å². The fourth-order valence-corrected chi connectivity index (χ4v) is 4.35. The van der Waals surface area contributed by atoms with Crippen LogP contribution in [-0.4, -0.2) is 63.8 Å². The molecule has 10 heteroatoms. The normalized spacial score (nSPS) is 26.8. The summed E-state index contributed by atoms with van der Waals surface area (Å²) in [6.45, 7) is 10.1. The molecule has 1 fully saturated rings. The molecule has 0 aliphatic carbocycles. The second kappa shape index (κ2) is 11.9. The third kappa shape index (κ3) is 4.89. The highest BCUT2D eigenvalue weighted by atomic mass is 16.6. The lowest BCUT2D eigenvalue weighted by Crippen LogP contribution is -2.55. The third-order valence-electron chi connectivity index (χ3n) is 6.38. The van der Waals surface area contributed by atoms with Crippen molar-refractivity contribution in [3.8, 4) is 6.07 Å².